The van der Waals surface area contributed by atoms with Crippen molar-refractivity contribution < 1.29 is 26.3 Å². The van der Waals surface area contributed by atoms with Crippen LogP contribution in [-0.4, -0.2) is 57.5 Å². The van der Waals surface area contributed by atoms with E-state index in [2.05, 4.69) is 15.6 Å². The molecule has 0 spiro atoms. The number of hydrogen-bond donors (Lipinski definition) is 2. The SMILES string of the molecule is CN=C(NCc1cc(C)cc(OC)c1)NC1CCN(S(=O)(=O)C(F)(F)F)CC1. The standard InChI is InChI=1S/C17H25F3N4O3S/c1-12-8-13(10-15(9-12)27-3)11-22-16(21-2)23-14-4-6-24(7-5-14)28(25,26)17(18,19)20/h8-10,14H,4-7,11H2,1-3H3,(H2,21,22,23). The lowest BCUT2D eigenvalue weighted by molar-refractivity contribution is -0.0494. The number of ether oxygens (including phenoxy) is 1. The van der Waals surface area contributed by atoms with Gasteiger partial charge in [0.25, 0.3) is 0 Å². The Balaban J connectivity index is 1.89. The summed E-state index contributed by atoms with van der Waals surface area (Å²) in [5.41, 5.74) is -3.22. The first-order valence-electron chi connectivity index (χ1n) is 8.75. The number of sulfonamides is 1. The number of methoxy groups -OCH3 is 1. The molecule has 1 heterocycles. The second kappa shape index (κ2) is 8.99. The van der Waals surface area contributed by atoms with Crippen LogP contribution in [0, 0.1) is 6.92 Å². The molecule has 0 aromatic heterocycles. The van der Waals surface area contributed by atoms with Crippen LogP contribution in [0.2, 0.25) is 0 Å². The van der Waals surface area contributed by atoms with Crippen LogP contribution in [0.5, 0.6) is 5.75 Å². The first-order valence-corrected chi connectivity index (χ1v) is 10.2. The summed E-state index contributed by atoms with van der Waals surface area (Å²) in [6, 6.07) is 5.65. The first kappa shape index (κ1) is 22.3. The fraction of sp³-hybridized carbons (Fsp3) is 0.588. The Kier molecular flexibility index (Phi) is 7.16. The van der Waals surface area contributed by atoms with Gasteiger partial charge in [0.15, 0.2) is 5.96 Å². The number of nitrogens with one attached hydrogen (secondary N) is 2. The molecule has 2 rings (SSSR count). The van der Waals surface area contributed by atoms with Crippen molar-refractivity contribution in [2.75, 3.05) is 27.2 Å². The predicted molar refractivity (Wildman–Crippen MR) is 101 cm³/mol. The molecule has 1 aromatic rings. The summed E-state index contributed by atoms with van der Waals surface area (Å²) in [6.45, 7) is 2.07. The molecule has 158 valence electrons. The average Bonchev–Trinajstić information content (AvgIpc) is 2.64. The zero-order valence-corrected chi connectivity index (χ0v) is 16.8. The fourth-order valence-corrected chi connectivity index (χ4v) is 3.99. The third-order valence-corrected chi connectivity index (χ3v) is 6.09. The van der Waals surface area contributed by atoms with E-state index < -0.39 is 15.5 Å². The number of aryl methyl sites for hydroxylation is 1. The Hall–Kier alpha value is -2.01. The van der Waals surface area contributed by atoms with E-state index in [1.165, 1.54) is 0 Å². The molecule has 1 aliphatic rings. The van der Waals surface area contributed by atoms with E-state index in [0.29, 0.717) is 16.8 Å². The van der Waals surface area contributed by atoms with Gasteiger partial charge >= 0.3 is 15.5 Å². The van der Waals surface area contributed by atoms with E-state index in [9.17, 15) is 21.6 Å². The molecule has 11 heteroatoms. The maximum atomic E-state index is 12.6. The van der Waals surface area contributed by atoms with Crippen LogP contribution in [0.4, 0.5) is 13.2 Å². The van der Waals surface area contributed by atoms with Gasteiger partial charge in [-0.25, -0.2) is 8.42 Å². The third-order valence-electron chi connectivity index (χ3n) is 4.46. The van der Waals surface area contributed by atoms with Gasteiger partial charge in [-0.1, -0.05) is 6.07 Å². The molecule has 0 bridgehead atoms. The molecule has 1 aromatic carbocycles. The normalized spacial score (nSPS) is 17.4. The summed E-state index contributed by atoms with van der Waals surface area (Å²) in [6.07, 6.45) is 0.516. The molecule has 1 aliphatic heterocycles. The Morgan fingerprint density at radius 1 is 1.29 bits per heavy atom. The van der Waals surface area contributed by atoms with Gasteiger partial charge in [0.2, 0.25) is 0 Å². The predicted octanol–water partition coefficient (Wildman–Crippen LogP) is 1.98. The maximum absolute atomic E-state index is 12.6. The maximum Gasteiger partial charge on any atom is 0.511 e. The van der Waals surface area contributed by atoms with E-state index >= 15 is 0 Å². The zero-order valence-electron chi connectivity index (χ0n) is 16.0. The number of rotatable bonds is 5. The van der Waals surface area contributed by atoms with Crippen LogP contribution in [0.25, 0.3) is 0 Å². The molecular formula is C17H25F3N4O3S. The molecule has 2 N–H and O–H groups in total. The lowest BCUT2D eigenvalue weighted by Gasteiger charge is -2.32. The monoisotopic (exact) mass is 422 g/mol. The van der Waals surface area contributed by atoms with Crippen molar-refractivity contribution >= 4 is 16.0 Å². The van der Waals surface area contributed by atoms with Gasteiger partial charge in [-0.3, -0.25) is 4.99 Å². The van der Waals surface area contributed by atoms with Crippen molar-refractivity contribution in [3.8, 4) is 5.75 Å². The molecule has 0 atom stereocenters. The van der Waals surface area contributed by atoms with Gasteiger partial charge in [0.05, 0.1) is 7.11 Å². The van der Waals surface area contributed by atoms with Crippen LogP contribution >= 0.6 is 0 Å². The van der Waals surface area contributed by atoms with Crippen LogP contribution < -0.4 is 15.4 Å². The van der Waals surface area contributed by atoms with E-state index in [1.807, 2.05) is 25.1 Å². The third kappa shape index (κ3) is 5.51. The summed E-state index contributed by atoms with van der Waals surface area (Å²) in [5.74, 6) is 1.25. The first-order chi connectivity index (χ1) is 13.1. The van der Waals surface area contributed by atoms with Crippen LogP contribution in [0.1, 0.15) is 24.0 Å². The lowest BCUT2D eigenvalue weighted by Crippen LogP contribution is -2.51. The second-order valence-electron chi connectivity index (χ2n) is 6.55. The number of nitrogens with zero attached hydrogens (tertiary/aromatic N) is 2. The highest BCUT2D eigenvalue weighted by molar-refractivity contribution is 7.90. The number of benzene rings is 1. The number of guanidine groups is 1. The highest BCUT2D eigenvalue weighted by atomic mass is 32.2. The molecule has 0 amide bonds. The van der Waals surface area contributed by atoms with Gasteiger partial charge in [-0.05, 0) is 43.0 Å². The number of piperidine rings is 1. The van der Waals surface area contributed by atoms with Gasteiger partial charge in [-0.2, -0.15) is 17.5 Å². The minimum absolute atomic E-state index is 0.169. The van der Waals surface area contributed by atoms with Crippen molar-refractivity contribution in [3.63, 3.8) is 0 Å². The van der Waals surface area contributed by atoms with Crippen molar-refractivity contribution in [3.05, 3.63) is 29.3 Å². The van der Waals surface area contributed by atoms with E-state index in [1.54, 1.807) is 14.2 Å². The van der Waals surface area contributed by atoms with Crippen molar-refractivity contribution in [2.45, 2.75) is 37.9 Å². The Morgan fingerprint density at radius 2 is 1.93 bits per heavy atom. The quantitative estimate of drug-likeness (QED) is 0.560. The summed E-state index contributed by atoms with van der Waals surface area (Å²) < 4.78 is 66.6. The van der Waals surface area contributed by atoms with Crippen molar-refractivity contribution in [1.82, 2.24) is 14.9 Å². The van der Waals surface area contributed by atoms with Crippen molar-refractivity contribution in [1.29, 1.82) is 0 Å². The Labute approximate surface area is 163 Å². The average molecular weight is 422 g/mol. The van der Waals surface area contributed by atoms with E-state index in [-0.39, 0.29) is 32.0 Å². The van der Waals surface area contributed by atoms with Gasteiger partial charge in [-0.15, -0.1) is 0 Å². The molecule has 0 saturated carbocycles. The van der Waals surface area contributed by atoms with Crippen LogP contribution in [0.15, 0.2) is 23.2 Å². The molecule has 0 unspecified atom stereocenters. The lowest BCUT2D eigenvalue weighted by atomic mass is 10.1. The topological polar surface area (TPSA) is 83.0 Å². The fourth-order valence-electron chi connectivity index (χ4n) is 3.01. The van der Waals surface area contributed by atoms with Gasteiger partial charge in [0, 0.05) is 32.7 Å². The molecule has 0 radical (unpaired) electrons. The second-order valence-corrected chi connectivity index (χ2v) is 8.48. The molecule has 0 aliphatic carbocycles. The summed E-state index contributed by atoms with van der Waals surface area (Å²) in [7, 11) is -2.08. The Morgan fingerprint density at radius 3 is 2.46 bits per heavy atom. The molecule has 1 fully saturated rings. The molecule has 7 nitrogen and oxygen atoms in total. The minimum atomic E-state index is -5.27. The smallest absolute Gasteiger partial charge is 0.497 e. The number of halogens is 3. The largest absolute Gasteiger partial charge is 0.511 e. The summed E-state index contributed by atoms with van der Waals surface area (Å²) in [5, 5.41) is 6.28. The zero-order chi connectivity index (χ0) is 20.9. The highest BCUT2D eigenvalue weighted by Crippen LogP contribution is 2.28. The van der Waals surface area contributed by atoms with Crippen LogP contribution in [0.3, 0.4) is 0 Å². The van der Waals surface area contributed by atoms with E-state index in [0.717, 1.165) is 16.9 Å². The van der Waals surface area contributed by atoms with Gasteiger partial charge in [0.1, 0.15) is 5.75 Å². The number of hydrogen-bond acceptors (Lipinski definition) is 4. The minimum Gasteiger partial charge on any atom is -0.497 e. The van der Waals surface area contributed by atoms with E-state index in [4.69, 9.17) is 4.74 Å². The van der Waals surface area contributed by atoms with Gasteiger partial charge < -0.3 is 15.4 Å². The highest BCUT2D eigenvalue weighted by Gasteiger charge is 2.50. The van der Waals surface area contributed by atoms with Crippen LogP contribution in [-0.2, 0) is 16.6 Å². The summed E-state index contributed by atoms with van der Waals surface area (Å²) >= 11 is 0. The number of aliphatic imine (C=N–C) groups is 1. The molecule has 28 heavy (non-hydrogen) atoms. The summed E-state index contributed by atoms with van der Waals surface area (Å²) in [4.78, 5) is 4.12. The molecular weight excluding hydrogens is 397 g/mol. The molecule has 1 saturated heterocycles. The number of alkyl halides is 3. The van der Waals surface area contributed by atoms with Crippen molar-refractivity contribution in [2.24, 2.45) is 4.99 Å². The Bertz CT molecular complexity index is 804.